The van der Waals surface area contributed by atoms with E-state index >= 15 is 0 Å². The largest absolute Gasteiger partial charge is 0.463 e. The zero-order valence-corrected chi connectivity index (χ0v) is 20.8. The maximum Gasteiger partial charge on any atom is 0.277 e. The average Bonchev–Trinajstić information content (AvgIpc) is 3.54. The molecule has 0 bridgehead atoms. The summed E-state index contributed by atoms with van der Waals surface area (Å²) >= 11 is 0. The quantitative estimate of drug-likeness (QED) is 0.416. The van der Waals surface area contributed by atoms with Gasteiger partial charge >= 0.3 is 0 Å². The summed E-state index contributed by atoms with van der Waals surface area (Å²) in [4.78, 5) is 40.5. The summed E-state index contributed by atoms with van der Waals surface area (Å²) in [5.74, 6) is -0.340. The summed E-state index contributed by atoms with van der Waals surface area (Å²) in [7, 11) is 0. The van der Waals surface area contributed by atoms with Gasteiger partial charge in [0.2, 0.25) is 11.8 Å². The van der Waals surface area contributed by atoms with Crippen LogP contribution < -0.4 is 15.5 Å². The van der Waals surface area contributed by atoms with Gasteiger partial charge in [-0.15, -0.1) is 0 Å². The normalized spacial score (nSPS) is 16.8. The number of rotatable bonds is 6. The highest BCUT2D eigenvalue weighted by atomic mass is 16.3. The number of benzene rings is 2. The van der Waals surface area contributed by atoms with Crippen molar-refractivity contribution in [2.45, 2.75) is 39.4 Å². The molecule has 0 fully saturated rings. The van der Waals surface area contributed by atoms with Crippen LogP contribution in [0.2, 0.25) is 0 Å². The standard InChI is InChI=1S/C28H27N5O4/c1-18-6-8-20(9-7-18)16-29-27(36)28(3)17-32-24(15-23(31-32)25-5-4-14-37-25)26(35)33(28)22-12-10-21(11-13-22)30-19(2)34/h4-15H,16-17H2,1-3H3,(H,29,36)(H,30,34). The molecule has 0 saturated heterocycles. The van der Waals surface area contributed by atoms with Gasteiger partial charge < -0.3 is 15.1 Å². The molecule has 9 nitrogen and oxygen atoms in total. The number of amides is 3. The number of hydrogen-bond donors (Lipinski definition) is 2. The zero-order chi connectivity index (χ0) is 26.2. The Bertz CT molecular complexity index is 1460. The van der Waals surface area contributed by atoms with Gasteiger partial charge in [0.15, 0.2) is 5.76 Å². The van der Waals surface area contributed by atoms with Gasteiger partial charge in [-0.3, -0.25) is 24.0 Å². The Balaban J connectivity index is 1.51. The number of fused-ring (bicyclic) bond motifs is 1. The van der Waals surface area contributed by atoms with E-state index in [-0.39, 0.29) is 24.3 Å². The summed E-state index contributed by atoms with van der Waals surface area (Å²) in [6.07, 6.45) is 1.54. The lowest BCUT2D eigenvalue weighted by molar-refractivity contribution is -0.126. The van der Waals surface area contributed by atoms with Crippen LogP contribution in [0.3, 0.4) is 0 Å². The van der Waals surface area contributed by atoms with Crippen LogP contribution in [0.4, 0.5) is 11.4 Å². The molecule has 3 heterocycles. The highest BCUT2D eigenvalue weighted by Gasteiger charge is 2.49. The molecule has 0 saturated carbocycles. The number of nitrogens with one attached hydrogen (secondary N) is 2. The smallest absolute Gasteiger partial charge is 0.277 e. The van der Waals surface area contributed by atoms with E-state index in [0.717, 1.165) is 11.1 Å². The van der Waals surface area contributed by atoms with Crippen molar-refractivity contribution in [1.82, 2.24) is 15.1 Å². The monoisotopic (exact) mass is 497 g/mol. The molecule has 9 heteroatoms. The Morgan fingerprint density at radius 3 is 2.46 bits per heavy atom. The van der Waals surface area contributed by atoms with Crippen molar-refractivity contribution in [3.63, 3.8) is 0 Å². The van der Waals surface area contributed by atoms with Crippen molar-refractivity contribution < 1.29 is 18.8 Å². The number of aromatic nitrogens is 2. The van der Waals surface area contributed by atoms with E-state index in [1.54, 1.807) is 60.3 Å². The van der Waals surface area contributed by atoms with E-state index in [9.17, 15) is 14.4 Å². The molecular weight excluding hydrogens is 470 g/mol. The summed E-state index contributed by atoms with van der Waals surface area (Å²) in [5.41, 5.74) is 2.79. The van der Waals surface area contributed by atoms with Gasteiger partial charge in [0.25, 0.3) is 5.91 Å². The maximum atomic E-state index is 13.9. The number of anilines is 2. The van der Waals surface area contributed by atoms with Crippen molar-refractivity contribution in [2.24, 2.45) is 0 Å². The van der Waals surface area contributed by atoms with Gasteiger partial charge in [-0.05, 0) is 55.8 Å². The van der Waals surface area contributed by atoms with Crippen LogP contribution in [0.5, 0.6) is 0 Å². The van der Waals surface area contributed by atoms with E-state index in [1.165, 1.54) is 11.8 Å². The van der Waals surface area contributed by atoms with E-state index in [1.807, 2.05) is 31.2 Å². The van der Waals surface area contributed by atoms with Crippen LogP contribution in [0.1, 0.15) is 35.5 Å². The van der Waals surface area contributed by atoms with E-state index in [0.29, 0.717) is 35.1 Å². The lowest BCUT2D eigenvalue weighted by Gasteiger charge is -2.43. The van der Waals surface area contributed by atoms with Gasteiger partial charge in [0.1, 0.15) is 16.9 Å². The third-order valence-electron chi connectivity index (χ3n) is 6.44. The first kappa shape index (κ1) is 24.1. The number of carbonyl (C=O) groups excluding carboxylic acids is 3. The highest BCUT2D eigenvalue weighted by Crippen LogP contribution is 2.35. The summed E-state index contributed by atoms with van der Waals surface area (Å²) < 4.78 is 7.03. The highest BCUT2D eigenvalue weighted by molar-refractivity contribution is 6.12. The van der Waals surface area contributed by atoms with Crippen LogP contribution in [-0.4, -0.2) is 33.0 Å². The van der Waals surface area contributed by atoms with Gasteiger partial charge in [-0.25, -0.2) is 0 Å². The average molecular weight is 498 g/mol. The van der Waals surface area contributed by atoms with Gasteiger partial charge in [0.05, 0.1) is 12.8 Å². The first-order valence-corrected chi connectivity index (χ1v) is 11.9. The van der Waals surface area contributed by atoms with E-state index < -0.39 is 5.54 Å². The summed E-state index contributed by atoms with van der Waals surface area (Å²) in [6.45, 7) is 5.62. The van der Waals surface area contributed by atoms with Crippen LogP contribution in [0, 0.1) is 6.92 Å². The molecule has 1 unspecified atom stereocenters. The molecule has 2 aromatic heterocycles. The molecule has 1 atom stereocenters. The number of hydrogen-bond acceptors (Lipinski definition) is 5. The minimum Gasteiger partial charge on any atom is -0.463 e. The molecule has 0 spiro atoms. The Morgan fingerprint density at radius 2 is 1.81 bits per heavy atom. The predicted molar refractivity (Wildman–Crippen MR) is 139 cm³/mol. The lowest BCUT2D eigenvalue weighted by atomic mass is 9.93. The van der Waals surface area contributed by atoms with Crippen molar-refractivity contribution in [2.75, 3.05) is 10.2 Å². The van der Waals surface area contributed by atoms with Crippen molar-refractivity contribution >= 4 is 29.1 Å². The molecule has 0 aliphatic carbocycles. The van der Waals surface area contributed by atoms with Crippen LogP contribution >= 0.6 is 0 Å². The number of furan rings is 1. The molecule has 2 aromatic carbocycles. The van der Waals surface area contributed by atoms with Crippen LogP contribution in [0.25, 0.3) is 11.5 Å². The molecule has 0 radical (unpaired) electrons. The molecule has 37 heavy (non-hydrogen) atoms. The topological polar surface area (TPSA) is 109 Å². The predicted octanol–water partition coefficient (Wildman–Crippen LogP) is 4.15. The third kappa shape index (κ3) is 4.63. The Labute approximate surface area is 214 Å². The number of nitrogens with zero attached hydrogens (tertiary/aromatic N) is 3. The van der Waals surface area contributed by atoms with Gasteiger partial charge in [0, 0.05) is 30.9 Å². The molecule has 5 rings (SSSR count). The van der Waals surface area contributed by atoms with E-state index in [4.69, 9.17) is 4.42 Å². The minimum atomic E-state index is -1.28. The first-order chi connectivity index (χ1) is 17.7. The Kier molecular flexibility index (Phi) is 6.12. The second-order valence-electron chi connectivity index (χ2n) is 9.36. The second-order valence-corrected chi connectivity index (χ2v) is 9.36. The minimum absolute atomic E-state index is 0.141. The molecular formula is C28H27N5O4. The van der Waals surface area contributed by atoms with Gasteiger partial charge in [-0.2, -0.15) is 5.10 Å². The fourth-order valence-electron chi connectivity index (χ4n) is 4.51. The van der Waals surface area contributed by atoms with Crippen LogP contribution in [-0.2, 0) is 22.7 Å². The maximum absolute atomic E-state index is 13.9. The lowest BCUT2D eigenvalue weighted by Crippen LogP contribution is -2.64. The second kappa shape index (κ2) is 9.42. The fourth-order valence-corrected chi connectivity index (χ4v) is 4.51. The molecule has 1 aliphatic heterocycles. The van der Waals surface area contributed by atoms with Gasteiger partial charge in [-0.1, -0.05) is 29.8 Å². The molecule has 1 aliphatic rings. The molecule has 2 N–H and O–H groups in total. The fraction of sp³-hybridized carbons (Fsp3) is 0.214. The summed E-state index contributed by atoms with van der Waals surface area (Å²) in [6, 6.07) is 19.9. The SMILES string of the molecule is CC(=O)Nc1ccc(N2C(=O)c3cc(-c4ccco4)nn3CC2(C)C(=O)NCc2ccc(C)cc2)cc1. The van der Waals surface area contributed by atoms with E-state index in [2.05, 4.69) is 15.7 Å². The Morgan fingerprint density at radius 1 is 1.08 bits per heavy atom. The number of carbonyl (C=O) groups is 3. The summed E-state index contributed by atoms with van der Waals surface area (Å²) in [5, 5.41) is 10.3. The van der Waals surface area contributed by atoms with Crippen LogP contribution in [0.15, 0.2) is 77.4 Å². The Hall–Kier alpha value is -4.66. The van der Waals surface area contributed by atoms with Crippen molar-refractivity contribution in [1.29, 1.82) is 0 Å². The van der Waals surface area contributed by atoms with Crippen molar-refractivity contribution in [3.05, 3.63) is 89.8 Å². The molecule has 188 valence electrons. The first-order valence-electron chi connectivity index (χ1n) is 11.9. The third-order valence-corrected chi connectivity index (χ3v) is 6.44. The zero-order valence-electron chi connectivity index (χ0n) is 20.8. The molecule has 3 amide bonds. The molecule has 4 aromatic rings. The number of aryl methyl sites for hydroxylation is 1. The van der Waals surface area contributed by atoms with Crippen molar-refractivity contribution in [3.8, 4) is 11.5 Å².